The number of hydrogen-bond acceptors (Lipinski definition) is 10. The summed E-state index contributed by atoms with van der Waals surface area (Å²) in [6, 6.07) is 42.0. The number of rotatable bonds is 52. The van der Waals surface area contributed by atoms with Crippen molar-refractivity contribution in [2.24, 2.45) is 0 Å². The molecular formula is C82H137ClO10Si2. The highest BCUT2D eigenvalue weighted by atomic mass is 35.6. The van der Waals surface area contributed by atoms with Crippen LogP contribution in [0.4, 0.5) is 0 Å². The Bertz CT molecular complexity index is 2330. The molecule has 0 aromatic heterocycles. The molecule has 10 nitrogen and oxygen atoms in total. The van der Waals surface area contributed by atoms with E-state index in [1.54, 1.807) is 0 Å². The molecule has 0 spiro atoms. The number of esters is 2. The van der Waals surface area contributed by atoms with Gasteiger partial charge in [0.05, 0.1) is 45.7 Å². The third-order valence-electron chi connectivity index (χ3n) is 18.1. The molecule has 4 atom stereocenters. The molecule has 13 heteroatoms. The molecule has 540 valence electrons. The number of hydrogen-bond donors (Lipinski definition) is 3. The Morgan fingerprint density at radius 2 is 0.684 bits per heavy atom. The van der Waals surface area contributed by atoms with Gasteiger partial charge >= 0.3 is 11.9 Å². The monoisotopic (exact) mass is 1370 g/mol. The second-order valence-corrected chi connectivity index (χ2v) is 38.6. The number of carbonyl (C=O) groups excluding carboxylic acids is 2. The van der Waals surface area contributed by atoms with E-state index in [0.717, 1.165) is 51.4 Å². The maximum Gasteiger partial charge on any atom is 0.306 e. The van der Waals surface area contributed by atoms with Crippen molar-refractivity contribution in [1.82, 2.24) is 0 Å². The highest BCUT2D eigenvalue weighted by Gasteiger charge is 2.50. The molecule has 0 amide bonds. The van der Waals surface area contributed by atoms with E-state index in [-0.39, 0.29) is 60.7 Å². The zero-order valence-corrected chi connectivity index (χ0v) is 64.5. The van der Waals surface area contributed by atoms with Crippen LogP contribution in [-0.2, 0) is 33.0 Å². The lowest BCUT2D eigenvalue weighted by molar-refractivity contribution is -0.151. The number of halogens is 1. The smallest absolute Gasteiger partial charge is 0.306 e. The van der Waals surface area contributed by atoms with Crippen LogP contribution in [0.2, 0.25) is 10.1 Å². The molecule has 0 unspecified atom stereocenters. The first-order valence-corrected chi connectivity index (χ1v) is 42.8. The summed E-state index contributed by atoms with van der Waals surface area (Å²) in [4.78, 5) is 25.0. The molecule has 0 aliphatic carbocycles. The van der Waals surface area contributed by atoms with E-state index < -0.39 is 27.9 Å². The second-order valence-electron chi connectivity index (χ2n) is 28.6. The van der Waals surface area contributed by atoms with Gasteiger partial charge in [0, 0.05) is 25.7 Å². The van der Waals surface area contributed by atoms with Crippen LogP contribution < -0.4 is 20.7 Å². The van der Waals surface area contributed by atoms with Crippen LogP contribution in [0.3, 0.4) is 0 Å². The molecule has 0 saturated heterocycles. The highest BCUT2D eigenvalue weighted by molar-refractivity contribution is 7.35. The lowest BCUT2D eigenvalue weighted by Gasteiger charge is -2.43. The Kier molecular flexibility index (Phi) is 49.8. The number of carbonyl (C=O) groups is 2. The van der Waals surface area contributed by atoms with Crippen LogP contribution in [0, 0.1) is 0 Å². The van der Waals surface area contributed by atoms with Gasteiger partial charge in [0.15, 0.2) is 0 Å². The van der Waals surface area contributed by atoms with E-state index in [9.17, 15) is 19.8 Å². The van der Waals surface area contributed by atoms with Crippen LogP contribution >= 0.6 is 11.1 Å². The van der Waals surface area contributed by atoms with Crippen molar-refractivity contribution in [3.63, 3.8) is 0 Å². The van der Waals surface area contributed by atoms with Gasteiger partial charge in [-0.05, 0) is 69.3 Å². The minimum Gasteiger partial charge on any atom is -0.462 e. The highest BCUT2D eigenvalue weighted by Crippen LogP contribution is 2.39. The largest absolute Gasteiger partial charge is 0.462 e. The van der Waals surface area contributed by atoms with Crippen LogP contribution in [0.1, 0.15) is 288 Å². The fourth-order valence-corrected chi connectivity index (χ4v) is 21.2. The van der Waals surface area contributed by atoms with Crippen LogP contribution in [-0.4, -0.2) is 107 Å². The molecule has 4 aromatic carbocycles. The molecule has 0 aliphatic rings. The van der Waals surface area contributed by atoms with Gasteiger partial charge in [-0.25, -0.2) is 0 Å². The van der Waals surface area contributed by atoms with Gasteiger partial charge in [-0.15, -0.1) is 0 Å². The quantitative estimate of drug-likeness (QED) is 0.0169. The van der Waals surface area contributed by atoms with Gasteiger partial charge in [0.1, 0.15) is 18.3 Å². The summed E-state index contributed by atoms with van der Waals surface area (Å²) in [6.45, 7) is 23.4. The third-order valence-corrected chi connectivity index (χ3v) is 30.4. The first kappa shape index (κ1) is 87.4. The average molecular weight is 1370 g/mol. The van der Waals surface area contributed by atoms with E-state index in [1.807, 2.05) is 24.3 Å². The Labute approximate surface area is 587 Å². The fraction of sp³-hybridized carbons (Fsp3) is 0.683. The summed E-state index contributed by atoms with van der Waals surface area (Å²) < 4.78 is 29.9. The molecule has 0 saturated carbocycles. The zero-order chi connectivity index (χ0) is 69.7. The maximum absolute atomic E-state index is 12.7. The second kappa shape index (κ2) is 54.2. The van der Waals surface area contributed by atoms with Crippen molar-refractivity contribution in [3.8, 4) is 0 Å². The summed E-state index contributed by atoms with van der Waals surface area (Å²) >= 11 is 7.21. The van der Waals surface area contributed by atoms with Crippen LogP contribution in [0.5, 0.6) is 0 Å². The van der Waals surface area contributed by atoms with Crippen molar-refractivity contribution in [2.45, 2.75) is 322 Å². The van der Waals surface area contributed by atoms with Crippen molar-refractivity contribution in [2.75, 3.05) is 39.6 Å². The molecule has 0 fully saturated rings. The van der Waals surface area contributed by atoms with E-state index >= 15 is 0 Å². The van der Waals surface area contributed by atoms with Gasteiger partial charge in [-0.1, -0.05) is 345 Å². The molecular weight excluding hydrogens is 1240 g/mol. The number of unbranched alkanes of at least 4 members (excludes halogenated alkanes) is 24. The van der Waals surface area contributed by atoms with Crippen molar-refractivity contribution >= 4 is 59.5 Å². The summed E-state index contributed by atoms with van der Waals surface area (Å²) in [6.07, 6.45) is 36.3. The number of ether oxygens (including phenoxy) is 4. The maximum atomic E-state index is 12.7. The summed E-state index contributed by atoms with van der Waals surface area (Å²) in [5.74, 6) is -0.169. The number of aliphatic hydroxyl groups excluding tert-OH is 3. The third kappa shape index (κ3) is 37.9. The Balaban J connectivity index is 0.000000542. The van der Waals surface area contributed by atoms with E-state index in [4.69, 9.17) is 39.6 Å². The van der Waals surface area contributed by atoms with Gasteiger partial charge in [0.2, 0.25) is 7.38 Å². The van der Waals surface area contributed by atoms with Gasteiger partial charge in [-0.3, -0.25) is 9.59 Å². The van der Waals surface area contributed by atoms with Gasteiger partial charge < -0.3 is 38.7 Å². The van der Waals surface area contributed by atoms with Gasteiger partial charge in [-0.2, -0.15) is 11.1 Å². The molecule has 0 aliphatic heterocycles. The standard InChI is InChI=1S/C41H68O5Si.C25H50O5.C16H19ClSi/c1-6-8-10-12-13-14-15-17-25-31-40(43)46-37(26-20-16-11-9-7-2)32-33-44-34-36(42)35-45-47(41(3,4)5,38-27-21-18-22-28-38)39-29-23-19-24-30-39;1-3-5-7-9-10-11-12-14-16-18-25(28)30-24(17-15-13-8-6-4-2)19-20-29-22-23(27)21-26;1-16(2,3)18(17,14-10-6-4-7-11-14)15-12-8-5-9-13-15/h18-19,21-24,27-30,36-37,42H,6-17,20,25-26,31-35H2,1-5H3;23-24,26-27H,3-22H2,1-2H3;4-13H,1-3H3/t36-,37-;23-,24+;/m10./s1. The van der Waals surface area contributed by atoms with Crippen molar-refractivity contribution in [3.05, 3.63) is 121 Å². The fourth-order valence-electron chi connectivity index (χ4n) is 12.4. The van der Waals surface area contributed by atoms with E-state index in [2.05, 4.69) is 166 Å². The predicted molar refractivity (Wildman–Crippen MR) is 407 cm³/mol. The Morgan fingerprint density at radius 1 is 0.389 bits per heavy atom. The first-order valence-electron chi connectivity index (χ1n) is 37.9. The average Bonchev–Trinajstić information content (AvgIpc) is 0.762. The Morgan fingerprint density at radius 3 is 0.989 bits per heavy atom. The molecule has 0 bridgehead atoms. The molecule has 4 rings (SSSR count). The normalized spacial score (nSPS) is 13.2. The van der Waals surface area contributed by atoms with Crippen molar-refractivity contribution in [1.29, 1.82) is 0 Å². The summed E-state index contributed by atoms with van der Waals surface area (Å²) in [5, 5.41) is 34.0. The van der Waals surface area contributed by atoms with E-state index in [0.29, 0.717) is 38.9 Å². The molecule has 0 heterocycles. The minimum atomic E-state index is -2.72. The van der Waals surface area contributed by atoms with E-state index in [1.165, 1.54) is 162 Å². The van der Waals surface area contributed by atoms with Gasteiger partial charge in [0.25, 0.3) is 8.32 Å². The molecule has 4 aromatic rings. The topological polar surface area (TPSA) is 141 Å². The number of benzene rings is 4. The Hall–Kier alpha value is -3.70. The lowest BCUT2D eigenvalue weighted by atomic mass is 10.1. The van der Waals surface area contributed by atoms with Crippen LogP contribution in [0.15, 0.2) is 121 Å². The summed E-state index contributed by atoms with van der Waals surface area (Å²) in [7, 11) is -4.95. The van der Waals surface area contributed by atoms with Crippen molar-refractivity contribution < 1.29 is 48.3 Å². The lowest BCUT2D eigenvalue weighted by Crippen LogP contribution is -2.67. The first-order chi connectivity index (χ1) is 45.8. The molecule has 3 N–H and O–H groups in total. The number of aliphatic hydroxyl groups is 3. The predicted octanol–water partition coefficient (Wildman–Crippen LogP) is 19.2. The minimum absolute atomic E-state index is 0.0667. The SMILES string of the molecule is CC(C)(C)[Si](Cl)(c1ccccc1)c1ccccc1.CCCCCCCCCCCC(=O)O[C@H](CCCCCCC)CCOC[C@@H](O)CO.CCCCCCCCCCCC(=O)O[C@H](CCCCCCC)CCOC[C@@H](O)CO[Si](c1ccccc1)(c1ccccc1)C(C)(C)C. The molecule has 0 radical (unpaired) electrons. The zero-order valence-electron chi connectivity index (χ0n) is 61.7. The van der Waals surface area contributed by atoms with Crippen LogP contribution in [0.25, 0.3) is 0 Å². The summed E-state index contributed by atoms with van der Waals surface area (Å²) in [5.41, 5.74) is 0. The molecule has 95 heavy (non-hydrogen) atoms.